The van der Waals surface area contributed by atoms with Crippen molar-refractivity contribution in [3.63, 3.8) is 0 Å². The predicted octanol–water partition coefficient (Wildman–Crippen LogP) is 3.96. The van der Waals surface area contributed by atoms with E-state index in [-0.39, 0.29) is 17.5 Å². The van der Waals surface area contributed by atoms with E-state index in [1.807, 2.05) is 0 Å². The van der Waals surface area contributed by atoms with Crippen molar-refractivity contribution in [1.82, 2.24) is 0 Å². The molecule has 2 aliphatic heterocycles. The maximum absolute atomic E-state index is 12.7. The van der Waals surface area contributed by atoms with Crippen LogP contribution in [-0.4, -0.2) is 47.0 Å². The molecule has 2 saturated heterocycles. The van der Waals surface area contributed by atoms with Gasteiger partial charge in [0.05, 0.1) is 25.2 Å². The lowest BCUT2D eigenvalue weighted by molar-refractivity contribution is -0.170. The van der Waals surface area contributed by atoms with Crippen molar-refractivity contribution in [1.29, 1.82) is 0 Å². The molecule has 2 aliphatic carbocycles. The highest BCUT2D eigenvalue weighted by atomic mass is 32.2. The molecule has 2 saturated carbocycles. The first kappa shape index (κ1) is 18.1. The van der Waals surface area contributed by atoms with E-state index in [2.05, 4.69) is 32.5 Å². The molecule has 5 heteroatoms. The second kappa shape index (κ2) is 6.72. The molecule has 4 rings (SSSR count). The molecule has 4 fully saturated rings. The Hall–Kier alpha value is -0.260. The summed E-state index contributed by atoms with van der Waals surface area (Å²) < 4.78 is 17.6. The molecule has 4 atom stereocenters. The van der Waals surface area contributed by atoms with Crippen LogP contribution in [0.25, 0.3) is 0 Å². The van der Waals surface area contributed by atoms with E-state index in [0.29, 0.717) is 29.5 Å². The summed E-state index contributed by atoms with van der Waals surface area (Å²) in [5, 5.41) is 0.785. The molecule has 0 aromatic heterocycles. The number of hydrogen-bond acceptors (Lipinski definition) is 5. The van der Waals surface area contributed by atoms with Gasteiger partial charge >= 0.3 is 5.97 Å². The number of ether oxygens (including phenoxy) is 3. The predicted molar refractivity (Wildman–Crippen MR) is 98.7 cm³/mol. The van der Waals surface area contributed by atoms with Crippen LogP contribution in [-0.2, 0) is 19.0 Å². The zero-order valence-electron chi connectivity index (χ0n) is 15.8. The lowest BCUT2D eigenvalue weighted by atomic mass is 9.75. The van der Waals surface area contributed by atoms with Gasteiger partial charge in [-0.2, -0.15) is 0 Å². The lowest BCUT2D eigenvalue weighted by Crippen LogP contribution is -2.42. The van der Waals surface area contributed by atoms with Gasteiger partial charge in [0.2, 0.25) is 0 Å². The molecule has 0 N–H and O–H groups in total. The van der Waals surface area contributed by atoms with E-state index in [9.17, 15) is 4.79 Å². The zero-order chi connectivity index (χ0) is 17.7. The fourth-order valence-electron chi connectivity index (χ4n) is 4.58. The van der Waals surface area contributed by atoms with E-state index in [1.165, 1.54) is 19.3 Å². The minimum absolute atomic E-state index is 0.0192. The highest BCUT2D eigenvalue weighted by Gasteiger charge is 2.56. The summed E-state index contributed by atoms with van der Waals surface area (Å²) in [5.41, 5.74) is -0.335. The smallest absolute Gasteiger partial charge is 0.309 e. The summed E-state index contributed by atoms with van der Waals surface area (Å²) >= 11 is 2.12. The van der Waals surface area contributed by atoms with Crippen LogP contribution in [0, 0.1) is 11.8 Å². The van der Waals surface area contributed by atoms with Gasteiger partial charge < -0.3 is 14.2 Å². The Balaban J connectivity index is 1.22. The van der Waals surface area contributed by atoms with Crippen molar-refractivity contribution in [3.8, 4) is 0 Å². The first-order valence-corrected chi connectivity index (χ1v) is 10.9. The number of fused-ring (bicyclic) bond motifs is 1. The molecule has 4 unspecified atom stereocenters. The van der Waals surface area contributed by atoms with E-state index >= 15 is 0 Å². The Bertz CT molecular complexity index is 510. The Morgan fingerprint density at radius 1 is 1.24 bits per heavy atom. The fourth-order valence-corrected chi connectivity index (χ4v) is 5.94. The van der Waals surface area contributed by atoms with Crippen LogP contribution in [0.2, 0.25) is 0 Å². The van der Waals surface area contributed by atoms with Gasteiger partial charge in [-0.25, -0.2) is 0 Å². The normalized spacial score (nSPS) is 43.2. The molecular formula is C20H32O4S. The highest BCUT2D eigenvalue weighted by molar-refractivity contribution is 8.08. The van der Waals surface area contributed by atoms with Crippen molar-refractivity contribution in [2.45, 2.75) is 93.5 Å². The minimum Gasteiger partial charge on any atom is -0.459 e. The number of esters is 1. The number of hydrogen-bond donors (Lipinski definition) is 0. The molecular weight excluding hydrogens is 336 g/mol. The average Bonchev–Trinajstić information content (AvgIpc) is 3.47. The van der Waals surface area contributed by atoms with Gasteiger partial charge in [-0.1, -0.05) is 0 Å². The molecule has 0 aromatic rings. The summed E-state index contributed by atoms with van der Waals surface area (Å²) in [4.78, 5) is 12.7. The van der Waals surface area contributed by atoms with E-state index in [1.54, 1.807) is 0 Å². The largest absolute Gasteiger partial charge is 0.459 e. The quantitative estimate of drug-likeness (QED) is 0.525. The third kappa shape index (κ3) is 4.19. The summed E-state index contributed by atoms with van der Waals surface area (Å²) in [6.07, 6.45) is 7.99. The van der Waals surface area contributed by atoms with Gasteiger partial charge in [0, 0.05) is 10.00 Å². The third-order valence-electron chi connectivity index (χ3n) is 6.80. The van der Waals surface area contributed by atoms with E-state index in [0.717, 1.165) is 37.5 Å². The number of epoxide rings is 1. The van der Waals surface area contributed by atoms with Crippen LogP contribution >= 0.6 is 11.8 Å². The third-order valence-corrected chi connectivity index (χ3v) is 8.57. The maximum atomic E-state index is 12.7. The molecule has 0 bridgehead atoms. The van der Waals surface area contributed by atoms with Gasteiger partial charge in [-0.3, -0.25) is 4.79 Å². The van der Waals surface area contributed by atoms with Crippen LogP contribution in [0.3, 0.4) is 0 Å². The summed E-state index contributed by atoms with van der Waals surface area (Å²) in [5.74, 6) is 0.578. The second-order valence-electron chi connectivity index (χ2n) is 9.18. The van der Waals surface area contributed by atoms with Gasteiger partial charge in [-0.05, 0) is 71.6 Å². The fraction of sp³-hybridized carbons (Fsp3) is 0.950. The molecule has 4 nitrogen and oxygen atoms in total. The maximum Gasteiger partial charge on any atom is 0.309 e. The first-order valence-electron chi connectivity index (χ1n) is 9.99. The van der Waals surface area contributed by atoms with Crippen molar-refractivity contribution in [3.05, 3.63) is 0 Å². The molecule has 0 amide bonds. The van der Waals surface area contributed by atoms with Crippen LogP contribution < -0.4 is 0 Å². The van der Waals surface area contributed by atoms with Crippen molar-refractivity contribution >= 4 is 17.7 Å². The molecule has 0 spiro atoms. The lowest BCUT2D eigenvalue weighted by Gasteiger charge is -2.38. The van der Waals surface area contributed by atoms with Crippen LogP contribution in [0.5, 0.6) is 0 Å². The zero-order valence-corrected chi connectivity index (χ0v) is 16.6. The SMILES string of the molecule is CC(C)(OC(=O)C1CCC(OCC2CO2)CC1)C1CCC2(C)SC2C1. The molecule has 25 heavy (non-hydrogen) atoms. The monoisotopic (exact) mass is 368 g/mol. The molecule has 4 aliphatic rings. The van der Waals surface area contributed by atoms with Gasteiger partial charge in [0.25, 0.3) is 0 Å². The average molecular weight is 369 g/mol. The summed E-state index contributed by atoms with van der Waals surface area (Å²) in [7, 11) is 0. The molecule has 2 heterocycles. The van der Waals surface area contributed by atoms with Crippen LogP contribution in [0.15, 0.2) is 0 Å². The van der Waals surface area contributed by atoms with E-state index < -0.39 is 0 Å². The first-order chi connectivity index (χ1) is 11.9. The summed E-state index contributed by atoms with van der Waals surface area (Å²) in [6.45, 7) is 8.18. The van der Waals surface area contributed by atoms with Crippen LogP contribution in [0.4, 0.5) is 0 Å². The van der Waals surface area contributed by atoms with Crippen molar-refractivity contribution in [2.24, 2.45) is 11.8 Å². The minimum atomic E-state index is -0.335. The number of carbonyl (C=O) groups is 1. The van der Waals surface area contributed by atoms with Gasteiger partial charge in [0.15, 0.2) is 0 Å². The van der Waals surface area contributed by atoms with Gasteiger partial charge in [0.1, 0.15) is 11.7 Å². The van der Waals surface area contributed by atoms with E-state index in [4.69, 9.17) is 14.2 Å². The molecule has 0 aromatic carbocycles. The Kier molecular flexibility index (Phi) is 4.87. The second-order valence-corrected chi connectivity index (χ2v) is 10.9. The summed E-state index contributed by atoms with van der Waals surface area (Å²) in [6, 6.07) is 0. The standard InChI is InChI=1S/C20H32O4S/c1-19(2,14-8-9-20(3)17(10-14)25-20)24-18(21)13-4-6-15(7-5-13)22-11-16-12-23-16/h13-17H,4-12H2,1-3H3. The van der Waals surface area contributed by atoms with Gasteiger partial charge in [-0.15, -0.1) is 11.8 Å². The number of rotatable bonds is 6. The van der Waals surface area contributed by atoms with Crippen molar-refractivity contribution in [2.75, 3.05) is 13.2 Å². The Morgan fingerprint density at radius 3 is 2.60 bits per heavy atom. The topological polar surface area (TPSA) is 48.1 Å². The number of thioether (sulfide) groups is 1. The highest BCUT2D eigenvalue weighted by Crippen LogP contribution is 2.63. The Morgan fingerprint density at radius 2 is 1.96 bits per heavy atom. The van der Waals surface area contributed by atoms with Crippen LogP contribution in [0.1, 0.15) is 65.7 Å². The molecule has 0 radical (unpaired) electrons. The molecule has 142 valence electrons. The van der Waals surface area contributed by atoms with Crippen molar-refractivity contribution < 1.29 is 19.0 Å². The Labute approximate surface area is 155 Å². The number of carbonyl (C=O) groups excluding carboxylic acids is 1.